The number of anilines is 1. The van der Waals surface area contributed by atoms with Crippen LogP contribution in [-0.2, 0) is 4.79 Å². The van der Waals surface area contributed by atoms with Crippen molar-refractivity contribution in [2.75, 3.05) is 5.32 Å². The summed E-state index contributed by atoms with van der Waals surface area (Å²) in [5, 5.41) is 6.39. The zero-order valence-electron chi connectivity index (χ0n) is 10.3. The first-order valence-corrected chi connectivity index (χ1v) is 6.42. The average Bonchev–Trinajstić information content (AvgIpc) is 2.82. The van der Waals surface area contributed by atoms with Gasteiger partial charge in [0.05, 0.1) is 17.9 Å². The summed E-state index contributed by atoms with van der Waals surface area (Å²) in [4.78, 5) is 20.2. The first kappa shape index (κ1) is 11.9. The van der Waals surface area contributed by atoms with E-state index in [9.17, 15) is 4.79 Å². The molecular formula is C12H15ClN4O. The predicted molar refractivity (Wildman–Crippen MR) is 68.5 cm³/mol. The van der Waals surface area contributed by atoms with Gasteiger partial charge in [-0.2, -0.15) is 0 Å². The Labute approximate surface area is 110 Å². The van der Waals surface area contributed by atoms with Gasteiger partial charge in [-0.05, 0) is 25.2 Å². The largest absolute Gasteiger partial charge is 0.308 e. The molecule has 3 atom stereocenters. The molecule has 1 aliphatic carbocycles. The molecule has 2 aliphatic rings. The lowest BCUT2D eigenvalue weighted by Crippen LogP contribution is -2.38. The summed E-state index contributed by atoms with van der Waals surface area (Å²) in [5.41, 5.74) is 0.973. The van der Waals surface area contributed by atoms with E-state index in [1.807, 2.05) is 0 Å². The summed E-state index contributed by atoms with van der Waals surface area (Å²) in [6.45, 7) is 3.98. The molecule has 1 saturated heterocycles. The molecule has 0 bridgehead atoms. The van der Waals surface area contributed by atoms with Gasteiger partial charge in [-0.25, -0.2) is 4.98 Å². The molecule has 96 valence electrons. The molecule has 2 N–H and O–H groups in total. The van der Waals surface area contributed by atoms with E-state index in [0.29, 0.717) is 28.1 Å². The Bertz CT molecular complexity index is 521. The Morgan fingerprint density at radius 1 is 1.61 bits per heavy atom. The van der Waals surface area contributed by atoms with Crippen LogP contribution in [0.1, 0.15) is 25.5 Å². The summed E-state index contributed by atoms with van der Waals surface area (Å²) in [5.74, 6) is 0.348. The molecule has 2 fully saturated rings. The summed E-state index contributed by atoms with van der Waals surface area (Å²) in [6.07, 6.45) is 3.58. The first-order valence-electron chi connectivity index (χ1n) is 6.04. The van der Waals surface area contributed by atoms with Gasteiger partial charge in [-0.15, -0.1) is 0 Å². The maximum atomic E-state index is 12.0. The maximum absolute atomic E-state index is 12.0. The van der Waals surface area contributed by atoms with Crippen molar-refractivity contribution in [3.05, 3.63) is 17.0 Å². The van der Waals surface area contributed by atoms with Crippen LogP contribution in [0.3, 0.4) is 0 Å². The van der Waals surface area contributed by atoms with Crippen molar-refractivity contribution in [1.82, 2.24) is 15.3 Å². The number of hydrogen-bond donors (Lipinski definition) is 2. The third-order valence-electron chi connectivity index (χ3n) is 3.89. The third kappa shape index (κ3) is 1.97. The number of halogens is 1. The maximum Gasteiger partial charge on any atom is 0.242 e. The number of rotatable bonds is 2. The van der Waals surface area contributed by atoms with Crippen LogP contribution < -0.4 is 10.6 Å². The van der Waals surface area contributed by atoms with Crippen LogP contribution in [0.25, 0.3) is 0 Å². The number of carbonyl (C=O) groups is 1. The number of amides is 1. The van der Waals surface area contributed by atoms with Crippen molar-refractivity contribution in [3.63, 3.8) is 0 Å². The summed E-state index contributed by atoms with van der Waals surface area (Å²) in [6, 6.07) is 0.372. The normalized spacial score (nSPS) is 33.1. The van der Waals surface area contributed by atoms with E-state index in [-0.39, 0.29) is 11.9 Å². The topological polar surface area (TPSA) is 66.9 Å². The Hall–Kier alpha value is -1.20. The average molecular weight is 267 g/mol. The minimum atomic E-state index is -0.129. The lowest BCUT2D eigenvalue weighted by atomic mass is 10.0. The molecule has 1 aromatic rings. The highest BCUT2D eigenvalue weighted by Crippen LogP contribution is 2.53. The highest BCUT2D eigenvalue weighted by molar-refractivity contribution is 6.30. The van der Waals surface area contributed by atoms with Gasteiger partial charge >= 0.3 is 0 Å². The Kier molecular flexibility index (Phi) is 2.57. The number of aromatic nitrogens is 2. The van der Waals surface area contributed by atoms with Crippen molar-refractivity contribution in [3.8, 4) is 0 Å². The molecule has 1 saturated carbocycles. The van der Waals surface area contributed by atoms with Crippen LogP contribution in [0, 0.1) is 12.3 Å². The molecule has 1 aromatic heterocycles. The van der Waals surface area contributed by atoms with Gasteiger partial charge in [0, 0.05) is 6.04 Å². The lowest BCUT2D eigenvalue weighted by molar-refractivity contribution is -0.118. The SMILES string of the molecule is Cc1ncc(NC(=O)C2CC3(C)CC3N2)nc1Cl. The minimum Gasteiger partial charge on any atom is -0.308 e. The number of fused-ring (bicyclic) bond motifs is 1. The van der Waals surface area contributed by atoms with E-state index in [2.05, 4.69) is 27.5 Å². The Balaban J connectivity index is 1.66. The van der Waals surface area contributed by atoms with Gasteiger partial charge in [0.1, 0.15) is 0 Å². The summed E-state index contributed by atoms with van der Waals surface area (Å²) in [7, 11) is 0. The van der Waals surface area contributed by atoms with E-state index in [0.717, 1.165) is 6.42 Å². The standard InChI is InChI=1S/C12H15ClN4O/c1-6-10(13)16-9(5-14-6)17-11(18)7-3-12(2)4-8(12)15-7/h5,7-8,15H,3-4H2,1-2H3,(H,16,17,18). The van der Waals surface area contributed by atoms with E-state index >= 15 is 0 Å². The zero-order valence-corrected chi connectivity index (χ0v) is 11.1. The van der Waals surface area contributed by atoms with Crippen LogP contribution in [0.5, 0.6) is 0 Å². The van der Waals surface area contributed by atoms with Gasteiger partial charge in [-0.3, -0.25) is 9.78 Å². The van der Waals surface area contributed by atoms with Crippen molar-refractivity contribution in [2.45, 2.75) is 38.8 Å². The van der Waals surface area contributed by atoms with E-state index < -0.39 is 0 Å². The number of nitrogens with zero attached hydrogens (tertiary/aromatic N) is 2. The number of nitrogens with one attached hydrogen (secondary N) is 2. The van der Waals surface area contributed by atoms with E-state index in [1.165, 1.54) is 12.6 Å². The molecule has 0 spiro atoms. The molecule has 5 nitrogen and oxygen atoms in total. The predicted octanol–water partition coefficient (Wildman–Crippen LogP) is 1.52. The van der Waals surface area contributed by atoms with Gasteiger partial charge in [0.25, 0.3) is 0 Å². The fourth-order valence-electron chi connectivity index (χ4n) is 2.53. The van der Waals surface area contributed by atoms with Crippen LogP contribution in [-0.4, -0.2) is 28.0 Å². The highest BCUT2D eigenvalue weighted by atomic mass is 35.5. The molecule has 3 unspecified atom stereocenters. The Morgan fingerprint density at radius 2 is 2.39 bits per heavy atom. The number of carbonyl (C=O) groups excluding carboxylic acids is 1. The zero-order chi connectivity index (χ0) is 12.9. The van der Waals surface area contributed by atoms with Crippen molar-refractivity contribution < 1.29 is 4.79 Å². The lowest BCUT2D eigenvalue weighted by Gasteiger charge is -2.14. The molecule has 3 rings (SSSR count). The second-order valence-electron chi connectivity index (χ2n) is 5.45. The van der Waals surface area contributed by atoms with Crippen molar-refractivity contribution in [2.24, 2.45) is 5.41 Å². The molecule has 0 aromatic carbocycles. The monoisotopic (exact) mass is 266 g/mol. The smallest absolute Gasteiger partial charge is 0.242 e. The van der Waals surface area contributed by atoms with Crippen LogP contribution in [0.4, 0.5) is 5.82 Å². The molecule has 0 radical (unpaired) electrons. The third-order valence-corrected chi connectivity index (χ3v) is 4.25. The van der Waals surface area contributed by atoms with Gasteiger partial charge in [0.15, 0.2) is 11.0 Å². The number of hydrogen-bond acceptors (Lipinski definition) is 4. The van der Waals surface area contributed by atoms with Crippen LogP contribution in [0.15, 0.2) is 6.20 Å². The number of aryl methyl sites for hydroxylation is 1. The Morgan fingerprint density at radius 3 is 3.00 bits per heavy atom. The highest BCUT2D eigenvalue weighted by Gasteiger charge is 2.58. The quantitative estimate of drug-likeness (QED) is 0.852. The second-order valence-corrected chi connectivity index (χ2v) is 5.81. The molecule has 18 heavy (non-hydrogen) atoms. The van der Waals surface area contributed by atoms with Crippen molar-refractivity contribution in [1.29, 1.82) is 0 Å². The van der Waals surface area contributed by atoms with Crippen LogP contribution in [0.2, 0.25) is 5.15 Å². The van der Waals surface area contributed by atoms with Gasteiger partial charge < -0.3 is 10.6 Å². The van der Waals surface area contributed by atoms with Crippen LogP contribution >= 0.6 is 11.6 Å². The van der Waals surface area contributed by atoms with Gasteiger partial charge in [0.2, 0.25) is 5.91 Å². The minimum absolute atomic E-state index is 0.0577. The summed E-state index contributed by atoms with van der Waals surface area (Å²) < 4.78 is 0. The van der Waals surface area contributed by atoms with E-state index in [4.69, 9.17) is 11.6 Å². The second kappa shape index (κ2) is 3.90. The molecule has 1 amide bonds. The molecule has 2 heterocycles. The molecular weight excluding hydrogens is 252 g/mol. The number of piperidine rings is 1. The molecule has 1 aliphatic heterocycles. The molecule has 6 heteroatoms. The first-order chi connectivity index (χ1) is 8.48. The van der Waals surface area contributed by atoms with E-state index in [1.54, 1.807) is 6.92 Å². The van der Waals surface area contributed by atoms with Crippen molar-refractivity contribution >= 4 is 23.3 Å². The fourth-order valence-corrected chi connectivity index (χ4v) is 2.67. The summed E-state index contributed by atoms with van der Waals surface area (Å²) >= 11 is 5.87. The van der Waals surface area contributed by atoms with Gasteiger partial charge in [-0.1, -0.05) is 18.5 Å². The fraction of sp³-hybridized carbons (Fsp3) is 0.583.